The molecule has 1 unspecified atom stereocenters. The van der Waals surface area contributed by atoms with Crippen LogP contribution in [0.3, 0.4) is 0 Å². The summed E-state index contributed by atoms with van der Waals surface area (Å²) in [5.41, 5.74) is 2.66. The predicted octanol–water partition coefficient (Wildman–Crippen LogP) is 4.37. The van der Waals surface area contributed by atoms with E-state index in [9.17, 15) is 9.59 Å². The molecule has 27 heavy (non-hydrogen) atoms. The molecule has 0 aromatic heterocycles. The molecule has 0 aliphatic carbocycles. The first-order valence-corrected chi connectivity index (χ1v) is 9.90. The Kier molecular flexibility index (Phi) is 15.4. The highest BCUT2D eigenvalue weighted by Crippen LogP contribution is 2.09. The molecule has 0 radical (unpaired) electrons. The molecule has 1 N–H and O–H groups in total. The normalized spacial score (nSPS) is 11.3. The van der Waals surface area contributed by atoms with E-state index >= 15 is 0 Å². The van der Waals surface area contributed by atoms with E-state index in [0.717, 1.165) is 19.3 Å². The molecule has 0 amide bonds. The van der Waals surface area contributed by atoms with Crippen molar-refractivity contribution in [2.75, 3.05) is 19.8 Å². The van der Waals surface area contributed by atoms with E-state index < -0.39 is 17.9 Å². The van der Waals surface area contributed by atoms with Crippen LogP contribution in [-0.4, -0.2) is 36.9 Å². The fraction of sp³-hybridized carbons (Fsp3) is 0.636. The minimum absolute atomic E-state index is 0.169. The van der Waals surface area contributed by atoms with Crippen molar-refractivity contribution in [3.8, 4) is 0 Å². The molecular formula is C22H36O5. The first-order chi connectivity index (χ1) is 12.9. The summed E-state index contributed by atoms with van der Waals surface area (Å²) in [4.78, 5) is 22.9. The second-order valence-corrected chi connectivity index (χ2v) is 6.69. The van der Waals surface area contributed by atoms with Crippen molar-refractivity contribution < 1.29 is 24.2 Å². The minimum Gasteiger partial charge on any atom is -0.395 e. The lowest BCUT2D eigenvalue weighted by molar-refractivity contribution is -0.163. The van der Waals surface area contributed by atoms with Gasteiger partial charge in [-0.15, -0.1) is 0 Å². The standard InChI is InChI=1S/C14H26O5.C8H10/c1-3-5-9-18-10-6-8-13(16)19-14(17)12(11-15)7-4-2;1-7-3-5-8(2)6-4-7/h12,15H,3-11H2,1-2H3;3-6H,1-2H3. The molecule has 1 atom stereocenters. The van der Waals surface area contributed by atoms with Gasteiger partial charge in [-0.25, -0.2) is 0 Å². The number of carbonyl (C=O) groups excluding carboxylic acids is 2. The highest BCUT2D eigenvalue weighted by Gasteiger charge is 2.20. The smallest absolute Gasteiger partial charge is 0.318 e. The number of rotatable bonds is 11. The third kappa shape index (κ3) is 14.1. The summed E-state index contributed by atoms with van der Waals surface area (Å²) in [6.07, 6.45) is 4.10. The van der Waals surface area contributed by atoms with Crippen LogP contribution >= 0.6 is 0 Å². The van der Waals surface area contributed by atoms with Crippen molar-refractivity contribution in [2.45, 2.75) is 66.2 Å². The average molecular weight is 381 g/mol. The molecule has 154 valence electrons. The molecule has 5 heteroatoms. The monoisotopic (exact) mass is 380 g/mol. The lowest BCUT2D eigenvalue weighted by Crippen LogP contribution is -2.24. The summed E-state index contributed by atoms with van der Waals surface area (Å²) >= 11 is 0. The lowest BCUT2D eigenvalue weighted by Gasteiger charge is -2.11. The summed E-state index contributed by atoms with van der Waals surface area (Å²) in [6.45, 7) is 9.11. The van der Waals surface area contributed by atoms with Gasteiger partial charge in [0.2, 0.25) is 0 Å². The quantitative estimate of drug-likeness (QED) is 0.351. The number of benzene rings is 1. The van der Waals surface area contributed by atoms with Gasteiger partial charge in [-0.2, -0.15) is 0 Å². The van der Waals surface area contributed by atoms with E-state index in [2.05, 4.69) is 45.0 Å². The van der Waals surface area contributed by atoms with Crippen LogP contribution in [0, 0.1) is 19.8 Å². The summed E-state index contributed by atoms with van der Waals surface area (Å²) in [5, 5.41) is 9.00. The Balaban J connectivity index is 0.000000694. The first kappa shape index (κ1) is 25.3. The van der Waals surface area contributed by atoms with Crippen LogP contribution in [0.5, 0.6) is 0 Å². The fourth-order valence-corrected chi connectivity index (χ4v) is 2.18. The Morgan fingerprint density at radius 1 is 0.963 bits per heavy atom. The molecule has 0 spiro atoms. The van der Waals surface area contributed by atoms with Crippen LogP contribution in [0.4, 0.5) is 0 Å². The van der Waals surface area contributed by atoms with Crippen LogP contribution in [-0.2, 0) is 19.1 Å². The topological polar surface area (TPSA) is 72.8 Å². The number of aliphatic hydroxyl groups is 1. The van der Waals surface area contributed by atoms with Gasteiger partial charge in [0.05, 0.1) is 12.5 Å². The highest BCUT2D eigenvalue weighted by molar-refractivity contribution is 5.86. The Bertz CT molecular complexity index is 489. The predicted molar refractivity (Wildman–Crippen MR) is 107 cm³/mol. The third-order valence-corrected chi connectivity index (χ3v) is 3.94. The van der Waals surface area contributed by atoms with Crippen LogP contribution < -0.4 is 0 Å². The minimum atomic E-state index is -0.624. The maximum atomic E-state index is 11.5. The fourth-order valence-electron chi connectivity index (χ4n) is 2.18. The van der Waals surface area contributed by atoms with Gasteiger partial charge in [0, 0.05) is 19.6 Å². The van der Waals surface area contributed by atoms with Gasteiger partial charge in [-0.3, -0.25) is 9.59 Å². The molecule has 1 aromatic rings. The van der Waals surface area contributed by atoms with Crippen LogP contribution in [0.25, 0.3) is 0 Å². The molecule has 0 saturated carbocycles. The Morgan fingerprint density at radius 2 is 1.52 bits per heavy atom. The SMILES string of the molecule is CCCCOCCCC(=O)OC(=O)C(CO)CCC.Cc1ccc(C)cc1. The summed E-state index contributed by atoms with van der Waals surface area (Å²) in [6, 6.07) is 8.48. The number of ether oxygens (including phenoxy) is 2. The number of unbranched alkanes of at least 4 members (excludes halogenated alkanes) is 1. The van der Waals surface area contributed by atoms with E-state index in [1.807, 2.05) is 6.92 Å². The molecule has 0 aliphatic rings. The number of hydrogen-bond acceptors (Lipinski definition) is 5. The molecule has 1 rings (SSSR count). The molecule has 0 bridgehead atoms. The van der Waals surface area contributed by atoms with Gasteiger partial charge in [-0.1, -0.05) is 62.1 Å². The zero-order valence-corrected chi connectivity index (χ0v) is 17.3. The zero-order valence-electron chi connectivity index (χ0n) is 17.3. The number of esters is 2. The lowest BCUT2D eigenvalue weighted by atomic mass is 10.1. The second-order valence-electron chi connectivity index (χ2n) is 6.69. The molecule has 0 heterocycles. The van der Waals surface area contributed by atoms with Crippen LogP contribution in [0.1, 0.15) is 63.5 Å². The molecule has 0 aliphatic heterocycles. The van der Waals surface area contributed by atoms with Crippen molar-refractivity contribution in [3.05, 3.63) is 35.4 Å². The van der Waals surface area contributed by atoms with Gasteiger partial charge >= 0.3 is 11.9 Å². The van der Waals surface area contributed by atoms with E-state index in [0.29, 0.717) is 26.1 Å². The van der Waals surface area contributed by atoms with Gasteiger partial charge in [0.1, 0.15) is 0 Å². The summed E-state index contributed by atoms with van der Waals surface area (Å²) < 4.78 is 9.99. The van der Waals surface area contributed by atoms with Crippen molar-refractivity contribution >= 4 is 11.9 Å². The van der Waals surface area contributed by atoms with Crippen LogP contribution in [0.2, 0.25) is 0 Å². The van der Waals surface area contributed by atoms with E-state index in [1.54, 1.807) is 0 Å². The Morgan fingerprint density at radius 3 is 2.00 bits per heavy atom. The number of hydrogen-bond donors (Lipinski definition) is 1. The van der Waals surface area contributed by atoms with Crippen LogP contribution in [0.15, 0.2) is 24.3 Å². The largest absolute Gasteiger partial charge is 0.395 e. The van der Waals surface area contributed by atoms with Gasteiger partial charge in [-0.05, 0) is 33.1 Å². The van der Waals surface area contributed by atoms with Crippen molar-refractivity contribution in [3.63, 3.8) is 0 Å². The summed E-state index contributed by atoms with van der Waals surface area (Å²) in [5.74, 6) is -1.75. The molecular weight excluding hydrogens is 344 g/mol. The maximum absolute atomic E-state index is 11.5. The van der Waals surface area contributed by atoms with Crippen molar-refractivity contribution in [2.24, 2.45) is 5.92 Å². The second kappa shape index (κ2) is 16.5. The van der Waals surface area contributed by atoms with Crippen molar-refractivity contribution in [1.29, 1.82) is 0 Å². The molecule has 1 aromatic carbocycles. The Labute approximate surface area is 164 Å². The van der Waals surface area contributed by atoms with Crippen molar-refractivity contribution in [1.82, 2.24) is 0 Å². The maximum Gasteiger partial charge on any atom is 0.318 e. The van der Waals surface area contributed by atoms with Gasteiger partial charge < -0.3 is 14.6 Å². The van der Waals surface area contributed by atoms with E-state index in [-0.39, 0.29) is 13.0 Å². The summed E-state index contributed by atoms with van der Waals surface area (Å²) in [7, 11) is 0. The molecule has 0 fully saturated rings. The third-order valence-electron chi connectivity index (χ3n) is 3.94. The van der Waals surface area contributed by atoms with Gasteiger partial charge in [0.15, 0.2) is 0 Å². The number of aryl methyl sites for hydroxylation is 2. The molecule has 5 nitrogen and oxygen atoms in total. The number of carbonyl (C=O) groups is 2. The van der Waals surface area contributed by atoms with Gasteiger partial charge in [0.25, 0.3) is 0 Å². The molecule has 0 saturated heterocycles. The Hall–Kier alpha value is -1.72. The average Bonchev–Trinajstić information content (AvgIpc) is 2.65. The van der Waals surface area contributed by atoms with E-state index in [4.69, 9.17) is 14.6 Å². The first-order valence-electron chi connectivity index (χ1n) is 9.90. The zero-order chi connectivity index (χ0) is 20.5. The number of aliphatic hydroxyl groups excluding tert-OH is 1. The highest BCUT2D eigenvalue weighted by atomic mass is 16.6. The van der Waals surface area contributed by atoms with E-state index in [1.165, 1.54) is 11.1 Å².